The van der Waals surface area contributed by atoms with Crippen molar-refractivity contribution < 1.29 is 9.18 Å². The van der Waals surface area contributed by atoms with Gasteiger partial charge in [0.05, 0.1) is 0 Å². The second-order valence-electron chi connectivity index (χ2n) is 5.44. The second-order valence-corrected chi connectivity index (χ2v) is 5.44. The first-order valence-electron chi connectivity index (χ1n) is 6.74. The third-order valence-electron chi connectivity index (χ3n) is 3.20. The minimum Gasteiger partial charge on any atom is -0.350 e. The Bertz CT molecular complexity index is 621. The fourth-order valence-electron chi connectivity index (χ4n) is 1.66. The van der Waals surface area contributed by atoms with E-state index in [0.717, 1.165) is 6.42 Å². The Labute approximate surface area is 122 Å². The summed E-state index contributed by atoms with van der Waals surface area (Å²) in [7, 11) is 0. The maximum atomic E-state index is 12.9. The van der Waals surface area contributed by atoms with Crippen LogP contribution in [0.4, 0.5) is 4.39 Å². The van der Waals surface area contributed by atoms with Crippen LogP contribution in [0.15, 0.2) is 24.3 Å². The maximum Gasteiger partial charge on any atom is 0.244 e. The highest BCUT2D eigenvalue weighted by Gasteiger charge is 2.18. The van der Waals surface area contributed by atoms with E-state index in [1.54, 1.807) is 12.1 Å². The van der Waals surface area contributed by atoms with E-state index in [2.05, 4.69) is 20.7 Å². The first-order valence-corrected chi connectivity index (χ1v) is 6.74. The summed E-state index contributed by atoms with van der Waals surface area (Å²) in [6.07, 6.45) is 0.824. The van der Waals surface area contributed by atoms with Gasteiger partial charge in [0.1, 0.15) is 12.4 Å². The summed E-state index contributed by atoms with van der Waals surface area (Å²) in [5.74, 6) is -0.144. The van der Waals surface area contributed by atoms with Crippen molar-refractivity contribution in [3.05, 3.63) is 30.1 Å². The van der Waals surface area contributed by atoms with Gasteiger partial charge in [-0.05, 0) is 49.7 Å². The van der Waals surface area contributed by atoms with E-state index in [1.807, 2.05) is 20.8 Å². The smallest absolute Gasteiger partial charge is 0.244 e. The zero-order valence-electron chi connectivity index (χ0n) is 12.3. The summed E-state index contributed by atoms with van der Waals surface area (Å²) in [6, 6.07) is 5.78. The second kappa shape index (κ2) is 5.99. The molecule has 0 fully saturated rings. The fraction of sp³-hybridized carbons (Fsp3) is 0.429. The van der Waals surface area contributed by atoms with Gasteiger partial charge in [0.15, 0.2) is 0 Å². The number of tetrazole rings is 1. The topological polar surface area (TPSA) is 72.7 Å². The molecule has 7 heteroatoms. The molecule has 1 aromatic carbocycles. The Hall–Kier alpha value is -2.31. The average Bonchev–Trinajstić information content (AvgIpc) is 2.87. The molecule has 0 atom stereocenters. The minimum absolute atomic E-state index is 0.00236. The Morgan fingerprint density at radius 2 is 2.00 bits per heavy atom. The van der Waals surface area contributed by atoms with Gasteiger partial charge in [0.2, 0.25) is 11.7 Å². The molecule has 0 radical (unpaired) electrons. The lowest BCUT2D eigenvalue weighted by molar-refractivity contribution is -0.123. The minimum atomic E-state index is -0.327. The standard InChI is InChI=1S/C14H18FN5O/c1-4-14(2,3)16-12(21)9-20-18-13(17-19-20)10-5-7-11(15)8-6-10/h5-8H,4,9H2,1-3H3,(H,16,21). The molecule has 1 N–H and O–H groups in total. The highest BCUT2D eigenvalue weighted by molar-refractivity contribution is 5.76. The lowest BCUT2D eigenvalue weighted by atomic mass is 10.0. The molecule has 1 aromatic heterocycles. The number of nitrogens with one attached hydrogen (secondary N) is 1. The van der Waals surface area contributed by atoms with Crippen LogP contribution >= 0.6 is 0 Å². The van der Waals surface area contributed by atoms with E-state index >= 15 is 0 Å². The van der Waals surface area contributed by atoms with Crippen LogP contribution in [0, 0.1) is 5.82 Å². The zero-order valence-corrected chi connectivity index (χ0v) is 12.3. The molecule has 2 rings (SSSR count). The fourth-order valence-corrected chi connectivity index (χ4v) is 1.66. The first kappa shape index (κ1) is 15.1. The summed E-state index contributed by atoms with van der Waals surface area (Å²) in [6.45, 7) is 5.89. The van der Waals surface area contributed by atoms with Gasteiger partial charge >= 0.3 is 0 Å². The first-order chi connectivity index (χ1) is 9.89. The molecule has 0 saturated heterocycles. The molecule has 1 heterocycles. The van der Waals surface area contributed by atoms with Crippen LogP contribution < -0.4 is 5.32 Å². The van der Waals surface area contributed by atoms with Crippen molar-refractivity contribution in [1.82, 2.24) is 25.5 Å². The highest BCUT2D eigenvalue weighted by Crippen LogP contribution is 2.13. The molecule has 112 valence electrons. The van der Waals surface area contributed by atoms with E-state index < -0.39 is 0 Å². The molecule has 0 aliphatic heterocycles. The van der Waals surface area contributed by atoms with Crippen LogP contribution in [0.2, 0.25) is 0 Å². The normalized spacial score (nSPS) is 11.4. The number of carbonyl (C=O) groups is 1. The Morgan fingerprint density at radius 3 is 2.62 bits per heavy atom. The lowest BCUT2D eigenvalue weighted by Gasteiger charge is -2.24. The molecule has 0 unspecified atom stereocenters. The number of carbonyl (C=O) groups excluding carboxylic acids is 1. The van der Waals surface area contributed by atoms with Crippen LogP contribution in [0.1, 0.15) is 27.2 Å². The highest BCUT2D eigenvalue weighted by atomic mass is 19.1. The van der Waals surface area contributed by atoms with Crippen molar-refractivity contribution in [2.24, 2.45) is 0 Å². The van der Waals surface area contributed by atoms with E-state index in [4.69, 9.17) is 0 Å². The molecule has 0 bridgehead atoms. The van der Waals surface area contributed by atoms with Gasteiger partial charge in [-0.2, -0.15) is 4.80 Å². The summed E-state index contributed by atoms with van der Waals surface area (Å²) in [4.78, 5) is 13.1. The molecule has 0 aliphatic rings. The van der Waals surface area contributed by atoms with Crippen LogP contribution in [0.3, 0.4) is 0 Å². The largest absolute Gasteiger partial charge is 0.350 e. The van der Waals surface area contributed by atoms with E-state index in [1.165, 1.54) is 16.9 Å². The number of aromatic nitrogens is 4. The summed E-state index contributed by atoms with van der Waals surface area (Å²) in [5.41, 5.74) is 0.384. The Kier molecular flexibility index (Phi) is 4.30. The van der Waals surface area contributed by atoms with Crippen molar-refractivity contribution >= 4 is 5.91 Å². The summed E-state index contributed by atoms with van der Waals surface area (Å²) in [5, 5.41) is 14.7. The molecule has 0 aliphatic carbocycles. The predicted octanol–water partition coefficient (Wildman–Crippen LogP) is 1.78. The predicted molar refractivity (Wildman–Crippen MR) is 75.7 cm³/mol. The molecule has 21 heavy (non-hydrogen) atoms. The lowest BCUT2D eigenvalue weighted by Crippen LogP contribution is -2.44. The van der Waals surface area contributed by atoms with Gasteiger partial charge < -0.3 is 5.32 Å². The SMILES string of the molecule is CCC(C)(C)NC(=O)Cn1nnc(-c2ccc(F)cc2)n1. The van der Waals surface area contributed by atoms with Crippen LogP contribution in [0.5, 0.6) is 0 Å². The Morgan fingerprint density at radius 1 is 1.33 bits per heavy atom. The number of amides is 1. The van der Waals surface area contributed by atoms with E-state index in [9.17, 15) is 9.18 Å². The number of nitrogens with zero attached hydrogens (tertiary/aromatic N) is 4. The molecule has 2 aromatic rings. The maximum absolute atomic E-state index is 12.9. The molecule has 0 saturated carbocycles. The molecule has 1 amide bonds. The van der Waals surface area contributed by atoms with E-state index in [0.29, 0.717) is 11.4 Å². The van der Waals surface area contributed by atoms with Crippen LogP contribution in [-0.4, -0.2) is 31.7 Å². The summed E-state index contributed by atoms with van der Waals surface area (Å²) < 4.78 is 12.9. The van der Waals surface area contributed by atoms with Crippen molar-refractivity contribution in [1.29, 1.82) is 0 Å². The molecular formula is C14H18FN5O. The van der Waals surface area contributed by atoms with Crippen molar-refractivity contribution in [2.45, 2.75) is 39.3 Å². The molecule has 6 nitrogen and oxygen atoms in total. The van der Waals surface area contributed by atoms with Gasteiger partial charge in [-0.1, -0.05) is 6.92 Å². The van der Waals surface area contributed by atoms with Crippen molar-refractivity contribution in [2.75, 3.05) is 0 Å². The summed E-state index contributed by atoms with van der Waals surface area (Å²) >= 11 is 0. The zero-order chi connectivity index (χ0) is 15.5. The van der Waals surface area contributed by atoms with Crippen molar-refractivity contribution in [3.8, 4) is 11.4 Å². The molecular weight excluding hydrogens is 273 g/mol. The third kappa shape index (κ3) is 4.08. The van der Waals surface area contributed by atoms with Gasteiger partial charge in [-0.3, -0.25) is 4.79 Å². The number of hydrogen-bond donors (Lipinski definition) is 1. The quantitative estimate of drug-likeness (QED) is 0.911. The van der Waals surface area contributed by atoms with Crippen molar-refractivity contribution in [3.63, 3.8) is 0 Å². The Balaban J connectivity index is 2.03. The number of rotatable bonds is 5. The van der Waals surface area contributed by atoms with Crippen LogP contribution in [0.25, 0.3) is 11.4 Å². The van der Waals surface area contributed by atoms with Crippen LogP contribution in [-0.2, 0) is 11.3 Å². The molecule has 0 spiro atoms. The van der Waals surface area contributed by atoms with Gasteiger partial charge in [-0.15, -0.1) is 10.2 Å². The van der Waals surface area contributed by atoms with Gasteiger partial charge in [0.25, 0.3) is 0 Å². The number of benzene rings is 1. The van der Waals surface area contributed by atoms with Gasteiger partial charge in [0, 0.05) is 11.1 Å². The monoisotopic (exact) mass is 291 g/mol. The average molecular weight is 291 g/mol. The van der Waals surface area contributed by atoms with Gasteiger partial charge in [-0.25, -0.2) is 4.39 Å². The van der Waals surface area contributed by atoms with E-state index in [-0.39, 0.29) is 23.8 Å². The number of hydrogen-bond acceptors (Lipinski definition) is 4. The third-order valence-corrected chi connectivity index (χ3v) is 3.20. The number of halogens is 1.